The maximum Gasteiger partial charge on any atom is 0.259 e. The van der Waals surface area contributed by atoms with Crippen molar-refractivity contribution in [3.63, 3.8) is 0 Å². The molecule has 0 unspecified atom stereocenters. The predicted molar refractivity (Wildman–Crippen MR) is 111 cm³/mol. The number of ether oxygens (including phenoxy) is 2. The number of aromatic nitrogens is 2. The molecular weight excluding hydrogens is 392 g/mol. The first-order chi connectivity index (χ1) is 14.2. The Bertz CT molecular complexity index is 974. The number of rotatable bonds is 5. The number of hydrogen-bond acceptors (Lipinski definition) is 6. The molecule has 1 N–H and O–H groups in total. The van der Waals surface area contributed by atoms with Crippen LogP contribution in [0.4, 0.5) is 11.5 Å². The molecule has 8 heteroatoms. The molecule has 3 aromatic rings. The lowest BCUT2D eigenvalue weighted by Gasteiger charge is -2.29. The highest BCUT2D eigenvalue weighted by molar-refractivity contribution is 6.30. The van der Waals surface area contributed by atoms with Gasteiger partial charge in [0.1, 0.15) is 11.6 Å². The van der Waals surface area contributed by atoms with Crippen LogP contribution in [0.5, 0.6) is 11.6 Å². The number of anilines is 2. The van der Waals surface area contributed by atoms with E-state index in [-0.39, 0.29) is 5.91 Å². The van der Waals surface area contributed by atoms with Gasteiger partial charge in [-0.15, -0.1) is 0 Å². The van der Waals surface area contributed by atoms with Gasteiger partial charge in [0, 0.05) is 30.4 Å². The average Bonchev–Trinajstić information content (AvgIpc) is 2.77. The molecule has 1 aliphatic rings. The zero-order valence-electron chi connectivity index (χ0n) is 15.5. The lowest BCUT2D eigenvalue weighted by Crippen LogP contribution is -2.38. The highest BCUT2D eigenvalue weighted by Gasteiger charge is 2.20. The van der Waals surface area contributed by atoms with Crippen LogP contribution in [0.3, 0.4) is 0 Å². The third-order valence-corrected chi connectivity index (χ3v) is 4.62. The van der Waals surface area contributed by atoms with Crippen LogP contribution in [0.2, 0.25) is 5.02 Å². The Kier molecular flexibility index (Phi) is 5.88. The molecule has 1 amide bonds. The second-order valence-electron chi connectivity index (χ2n) is 6.37. The summed E-state index contributed by atoms with van der Waals surface area (Å²) in [7, 11) is 0. The Labute approximate surface area is 173 Å². The van der Waals surface area contributed by atoms with E-state index in [1.165, 1.54) is 0 Å². The standard InChI is InChI=1S/C21H19ClN4O3/c22-15-3-6-17(7-4-15)29-19-8-5-16(14-24-19)25-21(27)18-2-1-9-23-20(18)26-10-12-28-13-11-26/h1-9,14H,10-13H2,(H,25,27). The SMILES string of the molecule is O=C(Nc1ccc(Oc2ccc(Cl)cc2)nc1)c1cccnc1N1CCOCC1. The molecule has 0 aliphatic carbocycles. The minimum absolute atomic E-state index is 0.243. The van der Waals surface area contributed by atoms with Crippen molar-refractivity contribution in [2.75, 3.05) is 36.5 Å². The van der Waals surface area contributed by atoms with E-state index in [2.05, 4.69) is 20.2 Å². The molecule has 0 spiro atoms. The first-order valence-corrected chi connectivity index (χ1v) is 9.55. The molecule has 7 nitrogen and oxygen atoms in total. The Morgan fingerprint density at radius 3 is 2.59 bits per heavy atom. The van der Waals surface area contributed by atoms with Gasteiger partial charge in [0.2, 0.25) is 5.88 Å². The van der Waals surface area contributed by atoms with Crippen LogP contribution >= 0.6 is 11.6 Å². The molecule has 1 aliphatic heterocycles. The van der Waals surface area contributed by atoms with E-state index >= 15 is 0 Å². The summed E-state index contributed by atoms with van der Waals surface area (Å²) >= 11 is 5.87. The van der Waals surface area contributed by atoms with Crippen LogP contribution in [0.25, 0.3) is 0 Å². The van der Waals surface area contributed by atoms with Crippen LogP contribution < -0.4 is 15.0 Å². The van der Waals surface area contributed by atoms with Gasteiger partial charge in [0.25, 0.3) is 5.91 Å². The second-order valence-corrected chi connectivity index (χ2v) is 6.81. The third kappa shape index (κ3) is 4.82. The highest BCUT2D eigenvalue weighted by atomic mass is 35.5. The van der Waals surface area contributed by atoms with Gasteiger partial charge in [-0.05, 0) is 42.5 Å². The molecule has 0 bridgehead atoms. The lowest BCUT2D eigenvalue weighted by molar-refractivity contribution is 0.102. The van der Waals surface area contributed by atoms with Gasteiger partial charge in [0.15, 0.2) is 0 Å². The Morgan fingerprint density at radius 2 is 1.86 bits per heavy atom. The van der Waals surface area contributed by atoms with Crippen LogP contribution in [0.1, 0.15) is 10.4 Å². The zero-order valence-corrected chi connectivity index (χ0v) is 16.3. The minimum atomic E-state index is -0.243. The lowest BCUT2D eigenvalue weighted by atomic mass is 10.2. The summed E-state index contributed by atoms with van der Waals surface area (Å²) < 4.78 is 11.0. The van der Waals surface area contributed by atoms with Crippen molar-refractivity contribution < 1.29 is 14.3 Å². The van der Waals surface area contributed by atoms with Gasteiger partial charge in [-0.2, -0.15) is 0 Å². The summed E-state index contributed by atoms with van der Waals surface area (Å²) in [6.07, 6.45) is 3.24. The van der Waals surface area contributed by atoms with Gasteiger partial charge in [0.05, 0.1) is 30.7 Å². The number of carbonyl (C=O) groups excluding carboxylic acids is 1. The molecule has 0 saturated carbocycles. The fourth-order valence-electron chi connectivity index (χ4n) is 2.94. The van der Waals surface area contributed by atoms with Crippen LogP contribution in [-0.4, -0.2) is 42.2 Å². The number of carbonyl (C=O) groups is 1. The summed E-state index contributed by atoms with van der Waals surface area (Å²) in [5.74, 6) is 1.46. The second kappa shape index (κ2) is 8.89. The molecule has 4 rings (SSSR count). The number of pyridine rings is 2. The molecule has 0 radical (unpaired) electrons. The Balaban J connectivity index is 1.44. The molecule has 1 saturated heterocycles. The minimum Gasteiger partial charge on any atom is -0.439 e. The van der Waals surface area contributed by atoms with Crippen molar-refractivity contribution in [1.82, 2.24) is 9.97 Å². The van der Waals surface area contributed by atoms with Gasteiger partial charge in [-0.1, -0.05) is 11.6 Å². The summed E-state index contributed by atoms with van der Waals surface area (Å²) in [5.41, 5.74) is 1.08. The monoisotopic (exact) mass is 410 g/mol. The van der Waals surface area contributed by atoms with Crippen molar-refractivity contribution in [3.05, 3.63) is 71.5 Å². The van der Waals surface area contributed by atoms with E-state index in [1.54, 1.807) is 60.9 Å². The Hall–Kier alpha value is -3.16. The van der Waals surface area contributed by atoms with Crippen molar-refractivity contribution in [2.45, 2.75) is 0 Å². The van der Waals surface area contributed by atoms with Crippen molar-refractivity contribution in [2.24, 2.45) is 0 Å². The summed E-state index contributed by atoms with van der Waals surface area (Å²) in [4.78, 5) is 23.5. The molecule has 2 aromatic heterocycles. The maximum atomic E-state index is 12.8. The van der Waals surface area contributed by atoms with Gasteiger partial charge in [-0.3, -0.25) is 4.79 Å². The largest absolute Gasteiger partial charge is 0.439 e. The topological polar surface area (TPSA) is 76.6 Å². The highest BCUT2D eigenvalue weighted by Crippen LogP contribution is 2.23. The molecule has 148 valence electrons. The number of benzene rings is 1. The van der Waals surface area contributed by atoms with Crippen molar-refractivity contribution >= 4 is 29.0 Å². The molecule has 3 heterocycles. The molecule has 29 heavy (non-hydrogen) atoms. The summed E-state index contributed by atoms with van der Waals surface area (Å²) in [6.45, 7) is 2.65. The van der Waals surface area contributed by atoms with Crippen molar-refractivity contribution in [3.8, 4) is 11.6 Å². The Morgan fingerprint density at radius 1 is 1.07 bits per heavy atom. The first-order valence-electron chi connectivity index (χ1n) is 9.17. The predicted octanol–water partition coefficient (Wildman–Crippen LogP) is 4.01. The molecule has 0 atom stereocenters. The van der Waals surface area contributed by atoms with Gasteiger partial charge < -0.3 is 19.7 Å². The van der Waals surface area contributed by atoms with E-state index in [0.717, 1.165) is 0 Å². The van der Waals surface area contributed by atoms with Crippen LogP contribution in [-0.2, 0) is 4.74 Å². The average molecular weight is 411 g/mol. The van der Waals surface area contributed by atoms with Gasteiger partial charge in [-0.25, -0.2) is 9.97 Å². The number of morpholine rings is 1. The number of hydrogen-bond donors (Lipinski definition) is 1. The van der Waals surface area contributed by atoms with E-state index < -0.39 is 0 Å². The summed E-state index contributed by atoms with van der Waals surface area (Å²) in [6, 6.07) is 13.9. The van der Waals surface area contributed by atoms with E-state index in [9.17, 15) is 4.79 Å². The normalized spacial score (nSPS) is 13.8. The van der Waals surface area contributed by atoms with E-state index in [1.807, 2.05) is 0 Å². The maximum absolute atomic E-state index is 12.8. The third-order valence-electron chi connectivity index (χ3n) is 4.37. The first kappa shape index (κ1) is 19.2. The van der Waals surface area contributed by atoms with E-state index in [4.69, 9.17) is 21.1 Å². The summed E-state index contributed by atoms with van der Waals surface area (Å²) in [5, 5.41) is 3.50. The smallest absolute Gasteiger partial charge is 0.259 e. The number of nitrogens with zero attached hydrogens (tertiary/aromatic N) is 3. The zero-order chi connectivity index (χ0) is 20.1. The fourth-order valence-corrected chi connectivity index (χ4v) is 3.06. The van der Waals surface area contributed by atoms with Gasteiger partial charge >= 0.3 is 0 Å². The molecule has 1 fully saturated rings. The van der Waals surface area contributed by atoms with Crippen LogP contribution in [0, 0.1) is 0 Å². The number of halogens is 1. The molecular formula is C21H19ClN4O3. The quantitative estimate of drug-likeness (QED) is 0.684. The number of nitrogens with one attached hydrogen (secondary N) is 1. The van der Waals surface area contributed by atoms with Crippen molar-refractivity contribution in [1.29, 1.82) is 0 Å². The van der Waals surface area contributed by atoms with E-state index in [0.29, 0.717) is 60.0 Å². The number of amides is 1. The molecule has 1 aromatic carbocycles. The van der Waals surface area contributed by atoms with Crippen LogP contribution in [0.15, 0.2) is 60.9 Å². The fraction of sp³-hybridized carbons (Fsp3) is 0.190.